The van der Waals surface area contributed by atoms with Gasteiger partial charge in [0.15, 0.2) is 0 Å². The van der Waals surface area contributed by atoms with Crippen LogP contribution in [0.5, 0.6) is 0 Å². The minimum absolute atomic E-state index is 0.120. The van der Waals surface area contributed by atoms with Crippen LogP contribution in [0, 0.1) is 13.8 Å². The maximum atomic E-state index is 11.0. The van der Waals surface area contributed by atoms with Crippen molar-refractivity contribution in [2.45, 2.75) is 26.7 Å². The molecule has 0 spiro atoms. The second kappa shape index (κ2) is 7.28. The first-order chi connectivity index (χ1) is 12.0. The van der Waals surface area contributed by atoms with Crippen LogP contribution in [-0.4, -0.2) is 15.6 Å². The first kappa shape index (κ1) is 17.5. The van der Waals surface area contributed by atoms with Gasteiger partial charge in [-0.1, -0.05) is 40.2 Å². The summed E-state index contributed by atoms with van der Waals surface area (Å²) in [6.07, 6.45) is 0.619. The zero-order chi connectivity index (χ0) is 18.0. The molecule has 128 valence electrons. The van der Waals surface area contributed by atoms with Crippen LogP contribution in [0.3, 0.4) is 0 Å². The number of carboxylic acids is 1. The van der Waals surface area contributed by atoms with Gasteiger partial charge in [-0.15, -0.1) is 0 Å². The number of aryl methyl sites for hydroxylation is 2. The lowest BCUT2D eigenvalue weighted by atomic mass is 10.1. The average molecular weight is 398 g/mol. The molecule has 0 saturated heterocycles. The molecule has 0 aliphatic heterocycles. The Kier molecular flexibility index (Phi) is 5.09. The summed E-state index contributed by atoms with van der Waals surface area (Å²) in [5.74, 6) is -0.779. The van der Waals surface area contributed by atoms with Crippen molar-refractivity contribution in [1.82, 2.24) is 4.57 Å². The molecule has 0 amide bonds. The predicted molar refractivity (Wildman–Crippen MR) is 104 cm³/mol. The highest BCUT2D eigenvalue weighted by Crippen LogP contribution is 2.30. The normalized spacial score (nSPS) is 10.8. The number of carbonyl (C=O) groups is 1. The molecule has 2 aromatic carbocycles. The van der Waals surface area contributed by atoms with Crippen molar-refractivity contribution >= 4 is 21.9 Å². The molecule has 0 aliphatic carbocycles. The summed E-state index contributed by atoms with van der Waals surface area (Å²) in [6, 6.07) is 18.5. The van der Waals surface area contributed by atoms with Crippen LogP contribution in [0.2, 0.25) is 0 Å². The number of nitrogens with zero attached hydrogens (tertiary/aromatic N) is 1. The number of hydrogen-bond donors (Lipinski definition) is 1. The number of aliphatic carboxylic acids is 1. The fraction of sp³-hybridized carbons (Fsp3) is 0.190. The largest absolute Gasteiger partial charge is 0.481 e. The number of halogens is 1. The SMILES string of the molecule is Cc1cccc(-n2c(CCC(=O)O)ccc2-c2ccc(Br)cc2)c1C. The van der Waals surface area contributed by atoms with E-state index in [0.717, 1.165) is 27.1 Å². The van der Waals surface area contributed by atoms with Crippen molar-refractivity contribution in [2.75, 3.05) is 0 Å². The van der Waals surface area contributed by atoms with Gasteiger partial charge in [-0.3, -0.25) is 4.79 Å². The van der Waals surface area contributed by atoms with Gasteiger partial charge < -0.3 is 9.67 Å². The zero-order valence-corrected chi connectivity index (χ0v) is 15.9. The second-order valence-corrected chi connectivity index (χ2v) is 7.08. The van der Waals surface area contributed by atoms with E-state index in [0.29, 0.717) is 6.42 Å². The molecule has 4 heteroatoms. The Morgan fingerprint density at radius 1 is 1.04 bits per heavy atom. The van der Waals surface area contributed by atoms with Crippen molar-refractivity contribution < 1.29 is 9.90 Å². The maximum Gasteiger partial charge on any atom is 0.303 e. The van der Waals surface area contributed by atoms with E-state index in [1.807, 2.05) is 24.3 Å². The van der Waals surface area contributed by atoms with Crippen molar-refractivity contribution in [1.29, 1.82) is 0 Å². The van der Waals surface area contributed by atoms with Gasteiger partial charge in [0.25, 0.3) is 0 Å². The first-order valence-electron chi connectivity index (χ1n) is 8.22. The Bertz CT molecular complexity index is 910. The highest BCUT2D eigenvalue weighted by atomic mass is 79.9. The highest BCUT2D eigenvalue weighted by Gasteiger charge is 2.15. The standard InChI is InChI=1S/C21H20BrNO2/c1-14-4-3-5-19(15(14)2)23-18(11-13-21(24)25)10-12-20(23)16-6-8-17(22)9-7-16/h3-10,12H,11,13H2,1-2H3,(H,24,25). The lowest BCUT2D eigenvalue weighted by Gasteiger charge is -2.17. The summed E-state index contributed by atoms with van der Waals surface area (Å²) in [5.41, 5.74) is 6.70. The van der Waals surface area contributed by atoms with Gasteiger partial charge in [-0.05, 0) is 67.3 Å². The van der Waals surface area contributed by atoms with Gasteiger partial charge in [0, 0.05) is 15.9 Å². The predicted octanol–water partition coefficient (Wildman–Crippen LogP) is 5.54. The van der Waals surface area contributed by atoms with Crippen LogP contribution >= 0.6 is 15.9 Å². The zero-order valence-electron chi connectivity index (χ0n) is 14.3. The molecule has 0 radical (unpaired) electrons. The highest BCUT2D eigenvalue weighted by molar-refractivity contribution is 9.10. The molecule has 0 atom stereocenters. The molecule has 1 heterocycles. The van der Waals surface area contributed by atoms with Gasteiger partial charge in [-0.25, -0.2) is 0 Å². The third kappa shape index (κ3) is 3.69. The minimum Gasteiger partial charge on any atom is -0.481 e. The van der Waals surface area contributed by atoms with Gasteiger partial charge in [-0.2, -0.15) is 0 Å². The Labute approximate surface area is 156 Å². The van der Waals surface area contributed by atoms with E-state index in [9.17, 15) is 4.79 Å². The third-order valence-electron chi connectivity index (χ3n) is 4.51. The fourth-order valence-electron chi connectivity index (χ4n) is 3.02. The number of hydrogen-bond acceptors (Lipinski definition) is 1. The summed E-state index contributed by atoms with van der Waals surface area (Å²) in [4.78, 5) is 11.0. The van der Waals surface area contributed by atoms with E-state index >= 15 is 0 Å². The molecular weight excluding hydrogens is 378 g/mol. The van der Waals surface area contributed by atoms with Crippen LogP contribution < -0.4 is 0 Å². The lowest BCUT2D eigenvalue weighted by molar-refractivity contribution is -0.136. The van der Waals surface area contributed by atoms with Gasteiger partial charge >= 0.3 is 5.97 Å². The van der Waals surface area contributed by atoms with Crippen LogP contribution in [0.1, 0.15) is 23.2 Å². The lowest BCUT2D eigenvalue weighted by Crippen LogP contribution is -2.07. The summed E-state index contributed by atoms with van der Waals surface area (Å²) in [7, 11) is 0. The Morgan fingerprint density at radius 3 is 2.44 bits per heavy atom. The quantitative estimate of drug-likeness (QED) is 0.613. The second-order valence-electron chi connectivity index (χ2n) is 6.16. The van der Waals surface area contributed by atoms with E-state index in [-0.39, 0.29) is 6.42 Å². The number of carboxylic acid groups (broad SMARTS) is 1. The average Bonchev–Trinajstić information content (AvgIpc) is 3.00. The third-order valence-corrected chi connectivity index (χ3v) is 5.04. The molecule has 3 rings (SSSR count). The summed E-state index contributed by atoms with van der Waals surface area (Å²) in [6.45, 7) is 4.20. The molecule has 0 bridgehead atoms. The Morgan fingerprint density at radius 2 is 1.76 bits per heavy atom. The molecule has 0 aliphatic rings. The van der Waals surface area contributed by atoms with Gasteiger partial charge in [0.1, 0.15) is 0 Å². The first-order valence-corrected chi connectivity index (χ1v) is 9.01. The van der Waals surface area contributed by atoms with Crippen molar-refractivity contribution in [3.05, 3.63) is 75.9 Å². The topological polar surface area (TPSA) is 42.2 Å². The summed E-state index contributed by atoms with van der Waals surface area (Å²) < 4.78 is 3.22. The minimum atomic E-state index is -0.779. The molecule has 0 unspecified atom stereocenters. The molecular formula is C21H20BrNO2. The van der Waals surface area contributed by atoms with Crippen LogP contribution in [0.25, 0.3) is 16.9 Å². The number of aromatic nitrogens is 1. The molecule has 0 fully saturated rings. The Hall–Kier alpha value is -2.33. The maximum absolute atomic E-state index is 11.0. The summed E-state index contributed by atoms with van der Waals surface area (Å²) in [5, 5.41) is 9.07. The van der Waals surface area contributed by atoms with Crippen LogP contribution in [-0.2, 0) is 11.2 Å². The number of rotatable bonds is 5. The van der Waals surface area contributed by atoms with E-state index in [4.69, 9.17) is 5.11 Å². The van der Waals surface area contributed by atoms with Crippen LogP contribution in [0.4, 0.5) is 0 Å². The van der Waals surface area contributed by atoms with Crippen molar-refractivity contribution in [3.63, 3.8) is 0 Å². The van der Waals surface area contributed by atoms with Gasteiger partial charge in [0.2, 0.25) is 0 Å². The molecule has 1 N–H and O–H groups in total. The van der Waals surface area contributed by atoms with E-state index in [1.54, 1.807) is 0 Å². The molecule has 25 heavy (non-hydrogen) atoms. The molecule has 0 saturated carbocycles. The van der Waals surface area contributed by atoms with E-state index in [1.165, 1.54) is 11.1 Å². The molecule has 3 aromatic rings. The smallest absolute Gasteiger partial charge is 0.303 e. The van der Waals surface area contributed by atoms with Gasteiger partial charge in [0.05, 0.1) is 12.1 Å². The van der Waals surface area contributed by atoms with Crippen molar-refractivity contribution in [2.24, 2.45) is 0 Å². The Balaban J connectivity index is 2.17. The van der Waals surface area contributed by atoms with Crippen molar-refractivity contribution in [3.8, 4) is 16.9 Å². The van der Waals surface area contributed by atoms with Crippen LogP contribution in [0.15, 0.2) is 59.1 Å². The fourth-order valence-corrected chi connectivity index (χ4v) is 3.28. The summed E-state index contributed by atoms with van der Waals surface area (Å²) >= 11 is 3.48. The van der Waals surface area contributed by atoms with E-state index in [2.05, 4.69) is 64.7 Å². The molecule has 3 nitrogen and oxygen atoms in total. The number of benzene rings is 2. The monoisotopic (exact) mass is 397 g/mol. The van der Waals surface area contributed by atoms with E-state index < -0.39 is 5.97 Å². The molecule has 1 aromatic heterocycles.